The van der Waals surface area contributed by atoms with E-state index in [1.807, 2.05) is 0 Å². The van der Waals surface area contributed by atoms with Crippen molar-refractivity contribution in [2.24, 2.45) is 0 Å². The van der Waals surface area contributed by atoms with Crippen LogP contribution in [0.2, 0.25) is 5.02 Å². The van der Waals surface area contributed by atoms with Crippen LogP contribution in [0.1, 0.15) is 22.8 Å². The van der Waals surface area contributed by atoms with Gasteiger partial charge in [0.2, 0.25) is 0 Å². The van der Waals surface area contributed by atoms with Crippen molar-refractivity contribution in [1.82, 2.24) is 0 Å². The van der Waals surface area contributed by atoms with Gasteiger partial charge in [-0.25, -0.2) is 0 Å². The summed E-state index contributed by atoms with van der Waals surface area (Å²) >= 11 is 5.74. The molecule has 1 aromatic rings. The average molecular weight is 293 g/mol. The van der Waals surface area contributed by atoms with Crippen LogP contribution in [-0.2, 0) is 16.0 Å². The Morgan fingerprint density at radius 3 is 2.68 bits per heavy atom. The summed E-state index contributed by atoms with van der Waals surface area (Å²) in [6.45, 7) is -1.20. The van der Waals surface area contributed by atoms with E-state index in [4.69, 9.17) is 16.3 Å². The number of hydrogen-bond acceptors (Lipinski definition) is 4. The second-order valence-corrected chi connectivity index (χ2v) is 3.87. The van der Waals surface area contributed by atoms with Crippen molar-refractivity contribution in [2.75, 3.05) is 6.61 Å². The monoisotopic (exact) mass is 292 g/mol. The van der Waals surface area contributed by atoms with Crippen molar-refractivity contribution < 1.29 is 27.8 Å². The smallest absolute Gasteiger partial charge is 0.387 e. The summed E-state index contributed by atoms with van der Waals surface area (Å²) in [4.78, 5) is 22.2. The fourth-order valence-corrected chi connectivity index (χ4v) is 1.66. The highest BCUT2D eigenvalue weighted by Crippen LogP contribution is 2.29. The van der Waals surface area contributed by atoms with E-state index in [-0.39, 0.29) is 29.4 Å². The molecule has 0 fully saturated rings. The summed E-state index contributed by atoms with van der Waals surface area (Å²) < 4.78 is 33.1. The van der Waals surface area contributed by atoms with Gasteiger partial charge in [-0.05, 0) is 24.6 Å². The van der Waals surface area contributed by atoms with Gasteiger partial charge in [0.15, 0.2) is 0 Å². The molecule has 0 N–H and O–H groups in total. The maximum Gasteiger partial charge on any atom is 0.387 e. The van der Waals surface area contributed by atoms with Gasteiger partial charge in [0.05, 0.1) is 18.1 Å². The first-order valence-corrected chi connectivity index (χ1v) is 5.73. The second-order valence-electron chi connectivity index (χ2n) is 3.46. The number of aldehydes is 1. The minimum absolute atomic E-state index is 0.0492. The SMILES string of the molecule is CCOC(=O)Cc1cc(Cl)c(OC(F)F)cc1C=O. The number of halogens is 3. The molecule has 0 spiro atoms. The quantitative estimate of drug-likeness (QED) is 0.597. The Labute approximate surface area is 113 Å². The highest BCUT2D eigenvalue weighted by atomic mass is 35.5. The van der Waals surface area contributed by atoms with Crippen LogP contribution in [-0.4, -0.2) is 25.5 Å². The molecule has 0 aliphatic carbocycles. The van der Waals surface area contributed by atoms with Crippen LogP contribution in [0.4, 0.5) is 8.78 Å². The first-order valence-electron chi connectivity index (χ1n) is 5.36. The van der Waals surface area contributed by atoms with Gasteiger partial charge in [-0.1, -0.05) is 11.6 Å². The number of rotatable bonds is 6. The van der Waals surface area contributed by atoms with Crippen molar-refractivity contribution >= 4 is 23.9 Å². The largest absolute Gasteiger partial charge is 0.466 e. The first-order chi connectivity index (χ1) is 8.97. The number of ether oxygens (including phenoxy) is 2. The van der Waals surface area contributed by atoms with Crippen LogP contribution < -0.4 is 4.74 Å². The minimum Gasteiger partial charge on any atom is -0.466 e. The molecule has 19 heavy (non-hydrogen) atoms. The number of carbonyl (C=O) groups excluding carboxylic acids is 2. The number of benzene rings is 1. The van der Waals surface area contributed by atoms with E-state index in [2.05, 4.69) is 4.74 Å². The lowest BCUT2D eigenvalue weighted by atomic mass is 10.1. The number of carbonyl (C=O) groups is 2. The summed E-state index contributed by atoms with van der Waals surface area (Å²) in [5.74, 6) is -0.851. The van der Waals surface area contributed by atoms with Crippen molar-refractivity contribution in [3.05, 3.63) is 28.3 Å². The highest BCUT2D eigenvalue weighted by Gasteiger charge is 2.15. The molecule has 0 amide bonds. The topological polar surface area (TPSA) is 52.6 Å². The van der Waals surface area contributed by atoms with E-state index in [0.29, 0.717) is 11.8 Å². The van der Waals surface area contributed by atoms with Crippen molar-refractivity contribution in [1.29, 1.82) is 0 Å². The molecule has 4 nitrogen and oxygen atoms in total. The molecule has 0 saturated carbocycles. The third-order valence-electron chi connectivity index (χ3n) is 2.18. The first kappa shape index (κ1) is 15.4. The zero-order valence-corrected chi connectivity index (χ0v) is 10.7. The van der Waals surface area contributed by atoms with Gasteiger partial charge in [0, 0.05) is 5.56 Å². The molecule has 1 aromatic carbocycles. The molecule has 7 heteroatoms. The Kier molecular flexibility index (Phi) is 5.69. The third-order valence-corrected chi connectivity index (χ3v) is 2.47. The van der Waals surface area contributed by atoms with Crippen LogP contribution in [0, 0.1) is 0 Å². The van der Waals surface area contributed by atoms with Gasteiger partial charge in [0.1, 0.15) is 12.0 Å². The fourth-order valence-electron chi connectivity index (χ4n) is 1.43. The van der Waals surface area contributed by atoms with Gasteiger partial charge in [-0.2, -0.15) is 8.78 Å². The lowest BCUT2D eigenvalue weighted by Gasteiger charge is -2.10. The summed E-state index contributed by atoms with van der Waals surface area (Å²) in [6, 6.07) is 2.30. The summed E-state index contributed by atoms with van der Waals surface area (Å²) in [7, 11) is 0. The van der Waals surface area contributed by atoms with E-state index in [0.717, 1.165) is 6.07 Å². The molecule has 0 bridgehead atoms. The zero-order valence-electron chi connectivity index (χ0n) is 9.99. The van der Waals surface area contributed by atoms with Gasteiger partial charge in [-0.3, -0.25) is 9.59 Å². The molecule has 0 aliphatic rings. The molecule has 1 rings (SSSR count). The van der Waals surface area contributed by atoms with Crippen LogP contribution in [0.3, 0.4) is 0 Å². The normalized spacial score (nSPS) is 10.4. The molecule has 0 saturated heterocycles. The zero-order chi connectivity index (χ0) is 14.4. The Morgan fingerprint density at radius 2 is 2.16 bits per heavy atom. The lowest BCUT2D eigenvalue weighted by molar-refractivity contribution is -0.142. The molecule has 0 aromatic heterocycles. The number of hydrogen-bond donors (Lipinski definition) is 0. The summed E-state index contributed by atoms with van der Waals surface area (Å²) in [6.07, 6.45) is 0.264. The molecule has 0 radical (unpaired) electrons. The van der Waals surface area contributed by atoms with Crippen LogP contribution in [0.25, 0.3) is 0 Å². The Bertz CT molecular complexity index is 477. The maximum atomic E-state index is 12.1. The predicted octanol–water partition coefficient (Wildman–Crippen LogP) is 2.86. The highest BCUT2D eigenvalue weighted by molar-refractivity contribution is 6.32. The Hall–Kier alpha value is -1.69. The van der Waals surface area contributed by atoms with Crippen molar-refractivity contribution in [3.63, 3.8) is 0 Å². The molecule has 0 heterocycles. The van der Waals surface area contributed by atoms with Gasteiger partial charge in [-0.15, -0.1) is 0 Å². The second kappa shape index (κ2) is 7.04. The average Bonchev–Trinajstić information content (AvgIpc) is 2.32. The third kappa shape index (κ3) is 4.48. The van der Waals surface area contributed by atoms with E-state index >= 15 is 0 Å². The summed E-state index contributed by atoms with van der Waals surface area (Å²) in [5.41, 5.74) is 0.341. The van der Waals surface area contributed by atoms with E-state index in [9.17, 15) is 18.4 Å². The van der Waals surface area contributed by atoms with Crippen LogP contribution in [0.15, 0.2) is 12.1 Å². The number of alkyl halides is 2. The van der Waals surface area contributed by atoms with E-state index in [1.165, 1.54) is 6.07 Å². The molecular formula is C12H11ClF2O4. The molecule has 0 unspecified atom stereocenters. The fraction of sp³-hybridized carbons (Fsp3) is 0.333. The number of esters is 1. The van der Waals surface area contributed by atoms with E-state index in [1.54, 1.807) is 6.92 Å². The predicted molar refractivity (Wildman–Crippen MR) is 63.8 cm³/mol. The molecule has 0 atom stereocenters. The minimum atomic E-state index is -3.05. The molecule has 104 valence electrons. The van der Waals surface area contributed by atoms with Gasteiger partial charge < -0.3 is 9.47 Å². The van der Waals surface area contributed by atoms with Crippen molar-refractivity contribution in [3.8, 4) is 5.75 Å². The van der Waals surface area contributed by atoms with Gasteiger partial charge in [0.25, 0.3) is 0 Å². The van der Waals surface area contributed by atoms with E-state index < -0.39 is 12.6 Å². The van der Waals surface area contributed by atoms with Gasteiger partial charge >= 0.3 is 12.6 Å². The lowest BCUT2D eigenvalue weighted by Crippen LogP contribution is -2.10. The Balaban J connectivity index is 3.02. The summed E-state index contributed by atoms with van der Waals surface area (Å²) in [5, 5.41) is -0.106. The standard InChI is InChI=1S/C12H11ClF2O4/c1-2-18-11(17)5-7-3-9(13)10(19-12(14)15)4-8(7)6-16/h3-4,6,12H,2,5H2,1H3. The van der Waals surface area contributed by atoms with Crippen LogP contribution in [0.5, 0.6) is 5.75 Å². The van der Waals surface area contributed by atoms with Crippen molar-refractivity contribution in [2.45, 2.75) is 20.0 Å². The maximum absolute atomic E-state index is 12.1. The molecular weight excluding hydrogens is 282 g/mol. The molecule has 0 aliphatic heterocycles. The Morgan fingerprint density at radius 1 is 1.47 bits per heavy atom. The van der Waals surface area contributed by atoms with Crippen LogP contribution >= 0.6 is 11.6 Å².